The van der Waals surface area contributed by atoms with E-state index in [2.05, 4.69) is 5.32 Å². The topological polar surface area (TPSA) is 25.2 Å². The summed E-state index contributed by atoms with van der Waals surface area (Å²) in [6, 6.07) is 1.90. The molecule has 1 aromatic heterocycles. The zero-order valence-corrected chi connectivity index (χ0v) is 12.2. The predicted molar refractivity (Wildman–Crippen MR) is 71.5 cm³/mol. The highest BCUT2D eigenvalue weighted by atomic mass is 19.4. The highest BCUT2D eigenvalue weighted by Gasteiger charge is 2.42. The molecule has 1 heterocycles. The standard InChI is InChI=1S/C15H22F3NO/c1-9-7-14(11(3)20-9)10(2)19-13-6-4-5-12(8-13)15(16,17)18/h7,10,12-13,19H,4-6,8H2,1-3H3. The number of nitrogens with one attached hydrogen (secondary N) is 1. The average molecular weight is 289 g/mol. The predicted octanol–water partition coefficient (Wildman–Crippen LogP) is 4.67. The molecule has 3 atom stereocenters. The third-order valence-corrected chi connectivity index (χ3v) is 4.17. The average Bonchev–Trinajstić information content (AvgIpc) is 2.68. The lowest BCUT2D eigenvalue weighted by atomic mass is 9.85. The van der Waals surface area contributed by atoms with Crippen LogP contribution in [0.25, 0.3) is 0 Å². The molecular formula is C15H22F3NO. The van der Waals surface area contributed by atoms with Gasteiger partial charge in [-0.15, -0.1) is 0 Å². The summed E-state index contributed by atoms with van der Waals surface area (Å²) in [6.45, 7) is 5.75. The van der Waals surface area contributed by atoms with E-state index in [4.69, 9.17) is 4.42 Å². The molecule has 0 aliphatic heterocycles. The quantitative estimate of drug-likeness (QED) is 0.875. The van der Waals surface area contributed by atoms with Gasteiger partial charge >= 0.3 is 6.18 Å². The first-order valence-electron chi connectivity index (χ1n) is 7.17. The molecule has 5 heteroatoms. The normalized spacial score (nSPS) is 25.7. The molecule has 1 saturated carbocycles. The fourth-order valence-electron chi connectivity index (χ4n) is 3.16. The number of hydrogen-bond donors (Lipinski definition) is 1. The smallest absolute Gasteiger partial charge is 0.391 e. The van der Waals surface area contributed by atoms with Crippen LogP contribution in [0.5, 0.6) is 0 Å². The van der Waals surface area contributed by atoms with Crippen LogP contribution in [0.15, 0.2) is 10.5 Å². The van der Waals surface area contributed by atoms with E-state index >= 15 is 0 Å². The zero-order chi connectivity index (χ0) is 14.9. The van der Waals surface area contributed by atoms with Crippen LogP contribution in [0, 0.1) is 19.8 Å². The van der Waals surface area contributed by atoms with Gasteiger partial charge in [-0.25, -0.2) is 0 Å². The van der Waals surface area contributed by atoms with Gasteiger partial charge in [-0.1, -0.05) is 6.42 Å². The molecule has 114 valence electrons. The first-order chi connectivity index (χ1) is 9.27. The van der Waals surface area contributed by atoms with Gasteiger partial charge in [0.1, 0.15) is 11.5 Å². The van der Waals surface area contributed by atoms with Crippen LogP contribution in [0.2, 0.25) is 0 Å². The lowest BCUT2D eigenvalue weighted by molar-refractivity contribution is -0.183. The van der Waals surface area contributed by atoms with Gasteiger partial charge in [0.05, 0.1) is 5.92 Å². The fourth-order valence-corrected chi connectivity index (χ4v) is 3.16. The molecule has 1 aliphatic carbocycles. The minimum atomic E-state index is -4.06. The second-order valence-electron chi connectivity index (χ2n) is 5.86. The number of furan rings is 1. The first-order valence-corrected chi connectivity index (χ1v) is 7.17. The molecule has 0 radical (unpaired) electrons. The van der Waals surface area contributed by atoms with E-state index < -0.39 is 12.1 Å². The Morgan fingerprint density at radius 1 is 1.30 bits per heavy atom. The maximum absolute atomic E-state index is 12.8. The molecule has 1 aliphatic rings. The first kappa shape index (κ1) is 15.4. The van der Waals surface area contributed by atoms with E-state index in [-0.39, 0.29) is 24.9 Å². The second kappa shape index (κ2) is 5.80. The van der Waals surface area contributed by atoms with Crippen molar-refractivity contribution < 1.29 is 17.6 Å². The van der Waals surface area contributed by atoms with Gasteiger partial charge in [-0.3, -0.25) is 0 Å². The number of halogens is 3. The van der Waals surface area contributed by atoms with Crippen molar-refractivity contribution in [2.24, 2.45) is 5.92 Å². The van der Waals surface area contributed by atoms with Crippen molar-refractivity contribution in [3.05, 3.63) is 23.2 Å². The third-order valence-electron chi connectivity index (χ3n) is 4.17. The minimum Gasteiger partial charge on any atom is -0.466 e. The van der Waals surface area contributed by atoms with Gasteiger partial charge in [0.2, 0.25) is 0 Å². The lowest BCUT2D eigenvalue weighted by Crippen LogP contribution is -2.39. The summed E-state index contributed by atoms with van der Waals surface area (Å²) in [5, 5.41) is 3.33. The molecule has 0 saturated heterocycles. The Morgan fingerprint density at radius 3 is 2.55 bits per heavy atom. The van der Waals surface area contributed by atoms with Crippen LogP contribution in [0.4, 0.5) is 13.2 Å². The lowest BCUT2D eigenvalue weighted by Gasteiger charge is -2.32. The van der Waals surface area contributed by atoms with E-state index in [1.165, 1.54) is 0 Å². The molecule has 3 unspecified atom stereocenters. The van der Waals surface area contributed by atoms with E-state index in [9.17, 15) is 13.2 Å². The van der Waals surface area contributed by atoms with Crippen molar-refractivity contribution in [3.8, 4) is 0 Å². The molecule has 0 bridgehead atoms. The number of rotatable bonds is 3. The van der Waals surface area contributed by atoms with Gasteiger partial charge in [0.25, 0.3) is 0 Å². The van der Waals surface area contributed by atoms with Crippen molar-refractivity contribution in [2.75, 3.05) is 0 Å². The van der Waals surface area contributed by atoms with Crippen LogP contribution in [-0.2, 0) is 0 Å². The van der Waals surface area contributed by atoms with Gasteiger partial charge in [0, 0.05) is 17.6 Å². The van der Waals surface area contributed by atoms with Crippen LogP contribution >= 0.6 is 0 Å². The SMILES string of the molecule is Cc1cc(C(C)NC2CCCC(C(F)(F)F)C2)c(C)o1. The molecule has 20 heavy (non-hydrogen) atoms. The molecule has 1 fully saturated rings. The Balaban J connectivity index is 1.97. The fraction of sp³-hybridized carbons (Fsp3) is 0.733. The third kappa shape index (κ3) is 3.57. The van der Waals surface area contributed by atoms with E-state index in [0.717, 1.165) is 23.5 Å². The van der Waals surface area contributed by atoms with Gasteiger partial charge in [-0.2, -0.15) is 13.2 Å². The van der Waals surface area contributed by atoms with E-state index in [1.54, 1.807) is 0 Å². The largest absolute Gasteiger partial charge is 0.466 e. The molecule has 1 aromatic rings. The van der Waals surface area contributed by atoms with Gasteiger partial charge in [0.15, 0.2) is 0 Å². The van der Waals surface area contributed by atoms with Crippen molar-refractivity contribution >= 4 is 0 Å². The molecule has 2 rings (SSSR count). The Kier molecular flexibility index (Phi) is 4.47. The van der Waals surface area contributed by atoms with Crippen LogP contribution in [0.3, 0.4) is 0 Å². The maximum atomic E-state index is 12.8. The van der Waals surface area contributed by atoms with E-state index in [1.807, 2.05) is 26.8 Å². The highest BCUT2D eigenvalue weighted by molar-refractivity contribution is 5.23. The molecule has 0 aromatic carbocycles. The van der Waals surface area contributed by atoms with Crippen molar-refractivity contribution in [2.45, 2.75) is 64.7 Å². The monoisotopic (exact) mass is 289 g/mol. The summed E-state index contributed by atoms with van der Waals surface area (Å²) in [5.41, 5.74) is 1.04. The summed E-state index contributed by atoms with van der Waals surface area (Å²) in [7, 11) is 0. The number of aryl methyl sites for hydroxylation is 2. The Hall–Kier alpha value is -0.970. The van der Waals surface area contributed by atoms with Crippen LogP contribution in [-0.4, -0.2) is 12.2 Å². The van der Waals surface area contributed by atoms with E-state index in [0.29, 0.717) is 6.42 Å². The maximum Gasteiger partial charge on any atom is 0.391 e. The summed E-state index contributed by atoms with van der Waals surface area (Å²) < 4.78 is 43.9. The summed E-state index contributed by atoms with van der Waals surface area (Å²) in [5.74, 6) is 0.516. The summed E-state index contributed by atoms with van der Waals surface area (Å²) >= 11 is 0. The Morgan fingerprint density at radius 2 is 2.00 bits per heavy atom. The number of alkyl halides is 3. The molecule has 2 nitrogen and oxygen atoms in total. The number of hydrogen-bond acceptors (Lipinski definition) is 2. The second-order valence-corrected chi connectivity index (χ2v) is 5.86. The molecule has 0 spiro atoms. The molecule has 1 N–H and O–H groups in total. The molecular weight excluding hydrogens is 267 g/mol. The van der Waals surface area contributed by atoms with Gasteiger partial charge in [-0.05, 0) is 46.1 Å². The highest BCUT2D eigenvalue weighted by Crippen LogP contribution is 2.38. The van der Waals surface area contributed by atoms with Crippen molar-refractivity contribution in [3.63, 3.8) is 0 Å². The van der Waals surface area contributed by atoms with Crippen molar-refractivity contribution in [1.82, 2.24) is 5.32 Å². The Bertz CT molecular complexity index is 452. The van der Waals surface area contributed by atoms with Crippen LogP contribution < -0.4 is 5.32 Å². The van der Waals surface area contributed by atoms with Crippen LogP contribution in [0.1, 0.15) is 55.7 Å². The minimum absolute atomic E-state index is 0.0180. The van der Waals surface area contributed by atoms with Crippen molar-refractivity contribution in [1.29, 1.82) is 0 Å². The Labute approximate surface area is 117 Å². The zero-order valence-electron chi connectivity index (χ0n) is 12.2. The summed E-state index contributed by atoms with van der Waals surface area (Å²) in [4.78, 5) is 0. The molecule has 0 amide bonds. The van der Waals surface area contributed by atoms with Gasteiger partial charge < -0.3 is 9.73 Å². The summed E-state index contributed by atoms with van der Waals surface area (Å²) in [6.07, 6.45) is -2.17.